The van der Waals surface area contributed by atoms with Crippen LogP contribution in [0.15, 0.2) is 66.7 Å². The highest BCUT2D eigenvalue weighted by Gasteiger charge is 2.36. The number of para-hydroxylation sites is 1. The molecule has 0 aliphatic carbocycles. The molecule has 2 heterocycles. The predicted octanol–water partition coefficient (Wildman–Crippen LogP) is 5.41. The van der Waals surface area contributed by atoms with Crippen molar-refractivity contribution < 1.29 is 9.59 Å². The van der Waals surface area contributed by atoms with Crippen LogP contribution < -0.4 is 15.5 Å². The first kappa shape index (κ1) is 25.5. The molecule has 194 valence electrons. The molecule has 38 heavy (non-hydrogen) atoms. The Morgan fingerprint density at radius 1 is 1.03 bits per heavy atom. The second-order valence-corrected chi connectivity index (χ2v) is 11.1. The van der Waals surface area contributed by atoms with Gasteiger partial charge in [-0.3, -0.25) is 14.5 Å². The molecule has 2 amide bonds. The Bertz CT molecular complexity index is 1430. The summed E-state index contributed by atoms with van der Waals surface area (Å²) in [6.45, 7) is 10.00. The monoisotopic (exact) mass is 507 g/mol. The van der Waals surface area contributed by atoms with Crippen LogP contribution in [0, 0.1) is 16.7 Å². The number of hydrogen-bond donors (Lipinski definition) is 2. The maximum atomic E-state index is 13.0. The Balaban J connectivity index is 1.43. The molecule has 2 aliphatic heterocycles. The number of amides is 2. The first-order valence-electron chi connectivity index (χ1n) is 13.0. The van der Waals surface area contributed by atoms with Gasteiger partial charge in [0.05, 0.1) is 17.3 Å². The molecule has 2 N–H and O–H groups in total. The Morgan fingerprint density at radius 2 is 1.74 bits per heavy atom. The fraction of sp³-hybridized carbons (Fsp3) is 0.323. The molecule has 0 radical (unpaired) electrons. The van der Waals surface area contributed by atoms with E-state index in [1.165, 1.54) is 0 Å². The molecule has 0 saturated carbocycles. The summed E-state index contributed by atoms with van der Waals surface area (Å²) >= 11 is 0. The molecule has 7 heteroatoms. The van der Waals surface area contributed by atoms with Crippen molar-refractivity contribution in [2.24, 2.45) is 5.41 Å². The maximum absolute atomic E-state index is 13.0. The molecule has 3 aromatic rings. The van der Waals surface area contributed by atoms with Gasteiger partial charge in [-0.2, -0.15) is 5.26 Å². The number of carbonyl (C=O) groups is 2. The summed E-state index contributed by atoms with van der Waals surface area (Å²) < 4.78 is 0. The zero-order valence-corrected chi connectivity index (χ0v) is 22.3. The van der Waals surface area contributed by atoms with Crippen LogP contribution in [0.3, 0.4) is 0 Å². The van der Waals surface area contributed by atoms with E-state index >= 15 is 0 Å². The number of benzene rings is 3. The molecule has 2 atom stereocenters. The summed E-state index contributed by atoms with van der Waals surface area (Å²) in [6.07, 6.45) is 0. The van der Waals surface area contributed by atoms with Crippen LogP contribution in [0.5, 0.6) is 0 Å². The van der Waals surface area contributed by atoms with E-state index in [1.54, 1.807) is 6.07 Å². The second kappa shape index (κ2) is 9.96. The summed E-state index contributed by atoms with van der Waals surface area (Å²) in [5.74, 6) is -0.174. The first-order valence-corrected chi connectivity index (χ1v) is 13.0. The van der Waals surface area contributed by atoms with Gasteiger partial charge in [0, 0.05) is 48.0 Å². The van der Waals surface area contributed by atoms with Gasteiger partial charge in [-0.1, -0.05) is 57.2 Å². The minimum absolute atomic E-state index is 0.0658. The van der Waals surface area contributed by atoms with E-state index in [0.29, 0.717) is 16.8 Å². The topological polar surface area (TPSA) is 88.5 Å². The zero-order valence-electron chi connectivity index (χ0n) is 22.3. The third-order valence-corrected chi connectivity index (χ3v) is 7.41. The van der Waals surface area contributed by atoms with Gasteiger partial charge in [0.2, 0.25) is 5.91 Å². The smallest absolute Gasteiger partial charge is 0.256 e. The fourth-order valence-corrected chi connectivity index (χ4v) is 5.38. The molecule has 2 aliphatic rings. The number of anilines is 3. The van der Waals surface area contributed by atoms with Gasteiger partial charge in [-0.25, -0.2) is 0 Å². The van der Waals surface area contributed by atoms with Crippen LogP contribution in [-0.2, 0) is 4.79 Å². The van der Waals surface area contributed by atoms with Crippen LogP contribution in [0.1, 0.15) is 60.8 Å². The van der Waals surface area contributed by atoms with Crippen molar-refractivity contribution >= 4 is 28.9 Å². The Morgan fingerprint density at radius 3 is 2.45 bits per heavy atom. The zero-order chi connectivity index (χ0) is 27.0. The number of nitrogens with zero attached hydrogens (tertiary/aromatic N) is 3. The Labute approximate surface area is 224 Å². The van der Waals surface area contributed by atoms with Gasteiger partial charge in [-0.05, 0) is 48.4 Å². The number of rotatable bonds is 3. The number of nitrogens with one attached hydrogen (secondary N) is 2. The highest BCUT2D eigenvalue weighted by Crippen LogP contribution is 2.40. The highest BCUT2D eigenvalue weighted by atomic mass is 16.2. The van der Waals surface area contributed by atoms with Crippen LogP contribution in [0.25, 0.3) is 0 Å². The fourth-order valence-electron chi connectivity index (χ4n) is 5.38. The SMILES string of the molecule is CC1CN(c2ccc(NC(=O)C(C)(C)C)cc2C#N)CCN1C1c2ccccc2NC(=O)c2ccccc21. The maximum Gasteiger partial charge on any atom is 0.256 e. The lowest BCUT2D eigenvalue weighted by Crippen LogP contribution is -2.53. The van der Waals surface area contributed by atoms with E-state index in [0.717, 1.165) is 42.1 Å². The third-order valence-electron chi connectivity index (χ3n) is 7.41. The molecule has 1 fully saturated rings. The lowest BCUT2D eigenvalue weighted by molar-refractivity contribution is -0.123. The lowest BCUT2D eigenvalue weighted by atomic mass is 9.91. The van der Waals surface area contributed by atoms with Crippen molar-refractivity contribution in [1.29, 1.82) is 5.26 Å². The second-order valence-electron chi connectivity index (χ2n) is 11.1. The van der Waals surface area contributed by atoms with E-state index in [-0.39, 0.29) is 23.9 Å². The Hall–Kier alpha value is -4.15. The first-order chi connectivity index (χ1) is 18.2. The molecule has 0 spiro atoms. The summed E-state index contributed by atoms with van der Waals surface area (Å²) in [4.78, 5) is 30.2. The van der Waals surface area contributed by atoms with Crippen molar-refractivity contribution in [1.82, 2.24) is 4.90 Å². The van der Waals surface area contributed by atoms with Gasteiger partial charge in [0.1, 0.15) is 6.07 Å². The summed E-state index contributed by atoms with van der Waals surface area (Å²) in [6, 6.07) is 23.8. The number of fused-ring (bicyclic) bond motifs is 2. The molecule has 0 aromatic heterocycles. The molecule has 3 aromatic carbocycles. The van der Waals surface area contributed by atoms with Gasteiger partial charge < -0.3 is 15.5 Å². The summed E-state index contributed by atoms with van der Waals surface area (Å²) in [5, 5.41) is 15.9. The summed E-state index contributed by atoms with van der Waals surface area (Å²) in [7, 11) is 0. The average molecular weight is 508 g/mol. The van der Waals surface area contributed by atoms with E-state index < -0.39 is 5.41 Å². The van der Waals surface area contributed by atoms with Gasteiger partial charge in [0.15, 0.2) is 0 Å². The van der Waals surface area contributed by atoms with Crippen molar-refractivity contribution in [3.8, 4) is 6.07 Å². The van der Waals surface area contributed by atoms with Crippen molar-refractivity contribution in [3.05, 3.63) is 89.0 Å². The van der Waals surface area contributed by atoms with Gasteiger partial charge >= 0.3 is 0 Å². The van der Waals surface area contributed by atoms with Gasteiger partial charge in [-0.15, -0.1) is 0 Å². The molecule has 1 saturated heterocycles. The average Bonchev–Trinajstić information content (AvgIpc) is 3.02. The van der Waals surface area contributed by atoms with E-state index in [2.05, 4.69) is 45.6 Å². The normalized spacial score (nSPS) is 19.4. The highest BCUT2D eigenvalue weighted by molar-refractivity contribution is 6.07. The quantitative estimate of drug-likeness (QED) is 0.495. The van der Waals surface area contributed by atoms with Crippen LogP contribution in [0.2, 0.25) is 0 Å². The van der Waals surface area contributed by atoms with Crippen molar-refractivity contribution in [2.75, 3.05) is 35.2 Å². The molecule has 2 unspecified atom stereocenters. The number of nitriles is 1. The predicted molar refractivity (Wildman–Crippen MR) is 150 cm³/mol. The molecular formula is C31H33N5O2. The van der Waals surface area contributed by atoms with E-state index in [4.69, 9.17) is 0 Å². The number of carbonyl (C=O) groups excluding carboxylic acids is 2. The van der Waals surface area contributed by atoms with Crippen LogP contribution in [0.4, 0.5) is 17.1 Å². The van der Waals surface area contributed by atoms with E-state index in [9.17, 15) is 14.9 Å². The van der Waals surface area contributed by atoms with Crippen molar-refractivity contribution in [3.63, 3.8) is 0 Å². The number of hydrogen-bond acceptors (Lipinski definition) is 5. The largest absolute Gasteiger partial charge is 0.368 e. The van der Waals surface area contributed by atoms with Gasteiger partial charge in [0.25, 0.3) is 5.91 Å². The number of piperazine rings is 1. The Kier molecular flexibility index (Phi) is 6.68. The minimum Gasteiger partial charge on any atom is -0.368 e. The third kappa shape index (κ3) is 4.75. The molecular weight excluding hydrogens is 474 g/mol. The lowest BCUT2D eigenvalue weighted by Gasteiger charge is -2.45. The molecule has 7 nitrogen and oxygen atoms in total. The van der Waals surface area contributed by atoms with E-state index in [1.807, 2.05) is 69.3 Å². The van der Waals surface area contributed by atoms with Crippen LogP contribution in [-0.4, -0.2) is 42.4 Å². The van der Waals surface area contributed by atoms with Crippen molar-refractivity contribution in [2.45, 2.75) is 39.8 Å². The molecule has 5 rings (SSSR count). The summed E-state index contributed by atoms with van der Waals surface area (Å²) in [5.41, 5.74) is 5.14. The van der Waals surface area contributed by atoms with Crippen LogP contribution >= 0.6 is 0 Å². The minimum atomic E-state index is -0.521. The standard InChI is InChI=1S/C31H33N5O2/c1-20-19-35(27-14-13-22(17-21(27)18-32)33-30(38)31(2,3)4)15-16-36(20)28-23-9-5-6-10-24(23)29(37)34-26-12-8-7-11-25(26)28/h5-14,17,20,28H,15-16,19H2,1-4H3,(H,33,38)(H,34,37). The molecule has 0 bridgehead atoms.